The summed E-state index contributed by atoms with van der Waals surface area (Å²) in [7, 11) is 0. The van der Waals surface area contributed by atoms with Crippen LogP contribution < -0.4 is 0 Å². The highest BCUT2D eigenvalue weighted by molar-refractivity contribution is 7.33. The van der Waals surface area contributed by atoms with E-state index in [0.29, 0.717) is 13.0 Å². The van der Waals surface area contributed by atoms with Crippen LogP contribution in [0.25, 0.3) is 40.0 Å². The fraction of sp³-hybridized carbons (Fsp3) is 0.217. The summed E-state index contributed by atoms with van der Waals surface area (Å²) in [6.07, 6.45) is 0.648. The molecule has 2 amide bonds. The smallest absolute Gasteiger partial charge is 0.271 e. The molecule has 0 aliphatic carbocycles. The molecule has 0 unspecified atom stereocenters. The molecule has 4 aromatic heterocycles. The van der Waals surface area contributed by atoms with Crippen LogP contribution in [0.4, 0.5) is 0 Å². The van der Waals surface area contributed by atoms with E-state index in [4.69, 9.17) is 0 Å². The van der Waals surface area contributed by atoms with Crippen LogP contribution >= 0.6 is 45.3 Å². The minimum atomic E-state index is -0.157. The maximum Gasteiger partial charge on any atom is 0.271 e. The Morgan fingerprint density at radius 3 is 2.30 bits per heavy atom. The Kier molecular flexibility index (Phi) is 3.88. The Balaban J connectivity index is 1.63. The number of rotatable bonds is 2. The number of hydrogen-bond donors (Lipinski definition) is 0. The number of carbonyl (C=O) groups is 2. The van der Waals surface area contributed by atoms with Crippen molar-refractivity contribution in [3.8, 4) is 9.75 Å². The van der Waals surface area contributed by atoms with Gasteiger partial charge < -0.3 is 0 Å². The monoisotopic (exact) mass is 467 g/mol. The van der Waals surface area contributed by atoms with E-state index < -0.39 is 0 Å². The van der Waals surface area contributed by atoms with E-state index in [9.17, 15) is 9.59 Å². The van der Waals surface area contributed by atoms with Crippen molar-refractivity contribution < 1.29 is 9.59 Å². The van der Waals surface area contributed by atoms with E-state index in [0.717, 1.165) is 10.4 Å². The highest BCUT2D eigenvalue weighted by Crippen LogP contribution is 2.51. The van der Waals surface area contributed by atoms with Gasteiger partial charge in [0.05, 0.1) is 30.4 Å². The number of nitrogens with zero attached hydrogens (tertiary/aromatic N) is 1. The van der Waals surface area contributed by atoms with Gasteiger partial charge in [-0.25, -0.2) is 0 Å². The van der Waals surface area contributed by atoms with Gasteiger partial charge in [0, 0.05) is 25.6 Å². The second-order valence-corrected chi connectivity index (χ2v) is 12.4. The highest BCUT2D eigenvalue weighted by Gasteiger charge is 2.34. The number of imide groups is 1. The fourth-order valence-electron chi connectivity index (χ4n) is 4.51. The number of fused-ring (bicyclic) bond motifs is 6. The predicted octanol–water partition coefficient (Wildman–Crippen LogP) is 7.41. The molecule has 0 saturated heterocycles. The first kappa shape index (κ1) is 18.7. The Morgan fingerprint density at radius 2 is 1.57 bits per heavy atom. The molecule has 0 atom stereocenters. The Bertz CT molecular complexity index is 1560. The lowest BCUT2D eigenvalue weighted by Gasteiger charge is -2.04. The molecular formula is C23H17NO2S4. The van der Waals surface area contributed by atoms with E-state index >= 15 is 0 Å². The molecule has 3 nitrogen and oxygen atoms in total. The standard InChI is InChI=1S/C23H17NO2S4/c1-9-5-13-10(2)11(3)14-6-16(29-19(14)18(13)27-9)21-22-17(12(4)28-21)15-7-24(8-25)23(26)20(15)30-22/h5-6,8H,7H2,1-4H3. The van der Waals surface area contributed by atoms with Crippen LogP contribution in [0.15, 0.2) is 12.1 Å². The zero-order valence-corrected chi connectivity index (χ0v) is 20.1. The van der Waals surface area contributed by atoms with E-state index in [1.807, 2.05) is 22.7 Å². The van der Waals surface area contributed by atoms with Gasteiger partial charge in [-0.3, -0.25) is 14.5 Å². The van der Waals surface area contributed by atoms with Crippen LogP contribution in [-0.2, 0) is 11.3 Å². The lowest BCUT2D eigenvalue weighted by atomic mass is 10.0. The molecule has 0 bridgehead atoms. The zero-order chi connectivity index (χ0) is 20.9. The molecule has 0 spiro atoms. The quantitative estimate of drug-likeness (QED) is 0.254. The summed E-state index contributed by atoms with van der Waals surface area (Å²) in [6.45, 7) is 9.15. The summed E-state index contributed by atoms with van der Waals surface area (Å²) in [6, 6.07) is 4.65. The number of aryl methyl sites for hydroxylation is 4. The van der Waals surface area contributed by atoms with Crippen LogP contribution in [-0.4, -0.2) is 17.2 Å². The second kappa shape index (κ2) is 6.23. The first-order valence-electron chi connectivity index (χ1n) is 9.63. The average molecular weight is 468 g/mol. The molecule has 5 heterocycles. The SMILES string of the molecule is Cc1cc2c(C)c(C)c3cc(-c4sc(C)c5c6c(sc45)C(=O)N(C=O)C6)sc3c2s1. The van der Waals surface area contributed by atoms with Crippen LogP contribution in [0.1, 0.15) is 36.1 Å². The molecule has 0 radical (unpaired) electrons. The van der Waals surface area contributed by atoms with Gasteiger partial charge in [0.1, 0.15) is 0 Å². The maximum absolute atomic E-state index is 12.5. The molecule has 1 aromatic carbocycles. The summed E-state index contributed by atoms with van der Waals surface area (Å²) in [5.74, 6) is -0.157. The summed E-state index contributed by atoms with van der Waals surface area (Å²) in [5, 5.41) is 3.89. The molecule has 150 valence electrons. The number of hydrogen-bond acceptors (Lipinski definition) is 6. The van der Waals surface area contributed by atoms with E-state index in [1.165, 1.54) is 65.8 Å². The lowest BCUT2D eigenvalue weighted by molar-refractivity contribution is -0.116. The molecule has 0 fully saturated rings. The van der Waals surface area contributed by atoms with Crippen molar-refractivity contribution >= 4 is 87.9 Å². The zero-order valence-electron chi connectivity index (χ0n) is 16.8. The average Bonchev–Trinajstić information content (AvgIpc) is 3.49. The van der Waals surface area contributed by atoms with E-state index in [-0.39, 0.29) is 5.91 Å². The van der Waals surface area contributed by atoms with E-state index in [2.05, 4.69) is 39.8 Å². The van der Waals surface area contributed by atoms with Gasteiger partial charge in [0.2, 0.25) is 6.41 Å². The van der Waals surface area contributed by atoms with Crippen molar-refractivity contribution in [1.82, 2.24) is 4.90 Å². The number of carbonyl (C=O) groups excluding carboxylic acids is 2. The first-order chi connectivity index (χ1) is 14.4. The topological polar surface area (TPSA) is 37.4 Å². The number of amides is 2. The van der Waals surface area contributed by atoms with E-state index in [1.54, 1.807) is 22.7 Å². The van der Waals surface area contributed by atoms with Crippen molar-refractivity contribution in [3.63, 3.8) is 0 Å². The minimum Gasteiger partial charge on any atom is -0.278 e. The summed E-state index contributed by atoms with van der Waals surface area (Å²) >= 11 is 7.10. The molecule has 6 rings (SSSR count). The molecule has 1 aliphatic heterocycles. The van der Waals surface area contributed by atoms with Crippen molar-refractivity contribution in [1.29, 1.82) is 0 Å². The van der Waals surface area contributed by atoms with Gasteiger partial charge in [-0.15, -0.1) is 45.3 Å². The van der Waals surface area contributed by atoms with Crippen molar-refractivity contribution in [2.24, 2.45) is 0 Å². The second-order valence-electron chi connectivity index (χ2n) is 7.84. The van der Waals surface area contributed by atoms with Crippen molar-refractivity contribution in [3.05, 3.63) is 43.5 Å². The third-order valence-electron chi connectivity index (χ3n) is 6.12. The van der Waals surface area contributed by atoms with Gasteiger partial charge >= 0.3 is 0 Å². The predicted molar refractivity (Wildman–Crippen MR) is 131 cm³/mol. The third-order valence-corrected chi connectivity index (χ3v) is 11.1. The highest BCUT2D eigenvalue weighted by atomic mass is 32.1. The largest absolute Gasteiger partial charge is 0.278 e. The van der Waals surface area contributed by atoms with Crippen LogP contribution in [0, 0.1) is 27.7 Å². The summed E-state index contributed by atoms with van der Waals surface area (Å²) in [5.41, 5.74) is 3.75. The number of thiophene rings is 4. The van der Waals surface area contributed by atoms with Gasteiger partial charge in [-0.1, -0.05) is 0 Å². The van der Waals surface area contributed by atoms with Crippen molar-refractivity contribution in [2.45, 2.75) is 34.2 Å². The summed E-state index contributed by atoms with van der Waals surface area (Å²) < 4.78 is 3.95. The van der Waals surface area contributed by atoms with Gasteiger partial charge in [-0.2, -0.15) is 0 Å². The van der Waals surface area contributed by atoms with Crippen LogP contribution in [0.2, 0.25) is 0 Å². The first-order valence-corrected chi connectivity index (χ1v) is 12.9. The third kappa shape index (κ3) is 2.29. The Morgan fingerprint density at radius 1 is 0.867 bits per heavy atom. The maximum atomic E-state index is 12.5. The molecule has 5 aromatic rings. The molecule has 7 heteroatoms. The molecule has 0 saturated carbocycles. The van der Waals surface area contributed by atoms with Crippen molar-refractivity contribution in [2.75, 3.05) is 0 Å². The van der Waals surface area contributed by atoms with Crippen LogP contribution in [0.3, 0.4) is 0 Å². The molecular weight excluding hydrogens is 451 g/mol. The molecule has 1 aliphatic rings. The van der Waals surface area contributed by atoms with Crippen LogP contribution in [0.5, 0.6) is 0 Å². The van der Waals surface area contributed by atoms with Gasteiger partial charge in [-0.05, 0) is 61.7 Å². The molecule has 0 N–H and O–H groups in total. The normalized spacial score (nSPS) is 14.0. The van der Waals surface area contributed by atoms with Gasteiger partial charge in [0.15, 0.2) is 0 Å². The Labute approximate surface area is 189 Å². The summed E-state index contributed by atoms with van der Waals surface area (Å²) in [4.78, 5) is 30.9. The van der Waals surface area contributed by atoms with Gasteiger partial charge in [0.25, 0.3) is 5.91 Å². The minimum absolute atomic E-state index is 0.157. The number of benzene rings is 1. The molecule has 30 heavy (non-hydrogen) atoms. The fourth-order valence-corrected chi connectivity index (χ4v) is 9.79. The lowest BCUT2D eigenvalue weighted by Crippen LogP contribution is -2.21. The Hall–Kier alpha value is -2.06.